The number of nitrogen functional groups attached to an aromatic ring is 1. The van der Waals surface area contributed by atoms with Gasteiger partial charge in [0, 0.05) is 18.3 Å². The summed E-state index contributed by atoms with van der Waals surface area (Å²) in [4.78, 5) is 4.64. The molecule has 1 rings (SSSR count). The van der Waals surface area contributed by atoms with Crippen molar-refractivity contribution in [2.24, 2.45) is 0 Å². The van der Waals surface area contributed by atoms with Crippen LogP contribution in [0.3, 0.4) is 0 Å². The maximum absolute atomic E-state index is 6.06. The molecule has 0 saturated heterocycles. The highest BCUT2D eigenvalue weighted by molar-refractivity contribution is 5.51. The van der Waals surface area contributed by atoms with Crippen LogP contribution < -0.4 is 10.5 Å². The number of ether oxygens (including phenoxy) is 1. The quantitative estimate of drug-likeness (QED) is 0.731. The Morgan fingerprint density at radius 3 is 2.47 bits per heavy atom. The van der Waals surface area contributed by atoms with E-state index in [0.29, 0.717) is 0 Å². The number of hydrogen-bond donors (Lipinski definition) is 1. The zero-order chi connectivity index (χ0) is 14.3. The van der Waals surface area contributed by atoms with E-state index in [1.807, 2.05) is 12.1 Å². The van der Waals surface area contributed by atoms with Gasteiger partial charge >= 0.3 is 0 Å². The van der Waals surface area contributed by atoms with Gasteiger partial charge in [0.15, 0.2) is 0 Å². The Morgan fingerprint density at radius 1 is 1.21 bits per heavy atom. The fraction of sp³-hybridized carbons (Fsp3) is 0.600. The van der Waals surface area contributed by atoms with E-state index in [-0.39, 0.29) is 0 Å². The van der Waals surface area contributed by atoms with Gasteiger partial charge in [-0.2, -0.15) is 0 Å². The molecule has 0 radical (unpaired) electrons. The van der Waals surface area contributed by atoms with Gasteiger partial charge < -0.3 is 15.4 Å². The molecule has 4 nitrogen and oxygen atoms in total. The van der Waals surface area contributed by atoms with Crippen molar-refractivity contribution < 1.29 is 4.74 Å². The lowest BCUT2D eigenvalue weighted by Crippen LogP contribution is -2.27. The Balaban J connectivity index is 2.55. The standard InChI is InChI=1S/C15H27N3O/c1-5-18(10-6-9-17(2)3)12-13-7-8-14(19-4)11-15(13)16/h7-8,11H,5-6,9-10,12,16H2,1-4H3. The van der Waals surface area contributed by atoms with Crippen LogP contribution in [0.5, 0.6) is 5.75 Å². The molecule has 0 aliphatic rings. The highest BCUT2D eigenvalue weighted by Gasteiger charge is 2.07. The first-order chi connectivity index (χ1) is 9.06. The summed E-state index contributed by atoms with van der Waals surface area (Å²) < 4.78 is 5.17. The molecule has 0 heterocycles. The van der Waals surface area contributed by atoms with Crippen LogP contribution in [0.15, 0.2) is 18.2 Å². The number of anilines is 1. The molecule has 0 atom stereocenters. The summed E-state index contributed by atoms with van der Waals surface area (Å²) in [5.41, 5.74) is 8.05. The number of methoxy groups -OCH3 is 1. The molecule has 0 bridgehead atoms. The Hall–Kier alpha value is -1.26. The van der Waals surface area contributed by atoms with Crippen LogP contribution in [-0.4, -0.2) is 50.6 Å². The first-order valence-electron chi connectivity index (χ1n) is 6.86. The molecule has 0 amide bonds. The Bertz CT molecular complexity index is 380. The molecule has 0 spiro atoms. The predicted molar refractivity (Wildman–Crippen MR) is 81.5 cm³/mol. The highest BCUT2D eigenvalue weighted by Crippen LogP contribution is 2.21. The Labute approximate surface area is 117 Å². The molecule has 19 heavy (non-hydrogen) atoms. The molecule has 0 unspecified atom stereocenters. The van der Waals surface area contributed by atoms with Crippen LogP contribution in [0.2, 0.25) is 0 Å². The molecule has 108 valence electrons. The second-order valence-corrected chi connectivity index (χ2v) is 5.09. The minimum absolute atomic E-state index is 0.811. The maximum atomic E-state index is 6.06. The summed E-state index contributed by atoms with van der Waals surface area (Å²) >= 11 is 0. The van der Waals surface area contributed by atoms with Crippen molar-refractivity contribution in [2.75, 3.05) is 46.6 Å². The minimum Gasteiger partial charge on any atom is -0.497 e. The molecule has 0 aliphatic carbocycles. The van der Waals surface area contributed by atoms with E-state index < -0.39 is 0 Å². The molecule has 0 saturated carbocycles. The fourth-order valence-electron chi connectivity index (χ4n) is 2.04. The highest BCUT2D eigenvalue weighted by atomic mass is 16.5. The summed E-state index contributed by atoms with van der Waals surface area (Å²) in [6.07, 6.45) is 1.18. The van der Waals surface area contributed by atoms with Gasteiger partial charge in [-0.25, -0.2) is 0 Å². The second-order valence-electron chi connectivity index (χ2n) is 5.09. The van der Waals surface area contributed by atoms with Crippen LogP contribution in [0.4, 0.5) is 5.69 Å². The molecule has 2 N–H and O–H groups in total. The normalized spacial score (nSPS) is 11.3. The van der Waals surface area contributed by atoms with E-state index in [9.17, 15) is 0 Å². The molecule has 4 heteroatoms. The molecule has 0 fully saturated rings. The van der Waals surface area contributed by atoms with E-state index in [2.05, 4.69) is 36.9 Å². The van der Waals surface area contributed by atoms with Crippen molar-refractivity contribution in [3.63, 3.8) is 0 Å². The van der Waals surface area contributed by atoms with Crippen molar-refractivity contribution in [3.05, 3.63) is 23.8 Å². The van der Waals surface area contributed by atoms with Crippen molar-refractivity contribution in [2.45, 2.75) is 19.9 Å². The molecule has 0 aromatic heterocycles. The van der Waals surface area contributed by atoms with E-state index in [0.717, 1.165) is 37.6 Å². The van der Waals surface area contributed by atoms with E-state index in [4.69, 9.17) is 10.5 Å². The number of nitrogens with two attached hydrogens (primary N) is 1. The van der Waals surface area contributed by atoms with Gasteiger partial charge in [-0.15, -0.1) is 0 Å². The van der Waals surface area contributed by atoms with Gasteiger partial charge in [-0.1, -0.05) is 13.0 Å². The molecule has 1 aromatic rings. The van der Waals surface area contributed by atoms with Gasteiger partial charge in [0.25, 0.3) is 0 Å². The van der Waals surface area contributed by atoms with Gasteiger partial charge in [-0.3, -0.25) is 4.90 Å². The molecule has 1 aromatic carbocycles. The third-order valence-corrected chi connectivity index (χ3v) is 3.27. The summed E-state index contributed by atoms with van der Waals surface area (Å²) in [6.45, 7) is 6.35. The summed E-state index contributed by atoms with van der Waals surface area (Å²) in [5.74, 6) is 0.817. The Morgan fingerprint density at radius 2 is 1.95 bits per heavy atom. The SMILES string of the molecule is CCN(CCCN(C)C)Cc1ccc(OC)cc1N. The number of nitrogens with zero attached hydrogens (tertiary/aromatic N) is 2. The molecule has 0 aliphatic heterocycles. The second kappa shape index (κ2) is 8.02. The number of hydrogen-bond acceptors (Lipinski definition) is 4. The smallest absolute Gasteiger partial charge is 0.120 e. The van der Waals surface area contributed by atoms with Crippen molar-refractivity contribution in [3.8, 4) is 5.75 Å². The monoisotopic (exact) mass is 265 g/mol. The predicted octanol–water partition coefficient (Wildman–Crippen LogP) is 2.05. The van der Waals surface area contributed by atoms with Crippen LogP contribution in [0, 0.1) is 0 Å². The minimum atomic E-state index is 0.811. The topological polar surface area (TPSA) is 41.7 Å². The van der Waals surface area contributed by atoms with Crippen LogP contribution in [0.25, 0.3) is 0 Å². The van der Waals surface area contributed by atoms with E-state index in [1.54, 1.807) is 7.11 Å². The van der Waals surface area contributed by atoms with Gasteiger partial charge in [-0.05, 0) is 51.8 Å². The van der Waals surface area contributed by atoms with E-state index >= 15 is 0 Å². The van der Waals surface area contributed by atoms with Gasteiger partial charge in [0.1, 0.15) is 5.75 Å². The third-order valence-electron chi connectivity index (χ3n) is 3.27. The first-order valence-corrected chi connectivity index (χ1v) is 6.86. The Kier molecular flexibility index (Phi) is 6.67. The van der Waals surface area contributed by atoms with Gasteiger partial charge in [0.2, 0.25) is 0 Å². The summed E-state index contributed by atoms with van der Waals surface area (Å²) in [5, 5.41) is 0. The number of benzene rings is 1. The largest absolute Gasteiger partial charge is 0.497 e. The lowest BCUT2D eigenvalue weighted by Gasteiger charge is -2.22. The van der Waals surface area contributed by atoms with Gasteiger partial charge in [0.05, 0.1) is 7.11 Å². The van der Waals surface area contributed by atoms with Crippen LogP contribution >= 0.6 is 0 Å². The first kappa shape index (κ1) is 15.8. The lowest BCUT2D eigenvalue weighted by molar-refractivity contribution is 0.259. The third kappa shape index (κ3) is 5.49. The zero-order valence-corrected chi connectivity index (χ0v) is 12.6. The van der Waals surface area contributed by atoms with Crippen LogP contribution in [0.1, 0.15) is 18.9 Å². The van der Waals surface area contributed by atoms with Crippen molar-refractivity contribution in [1.29, 1.82) is 0 Å². The molecular weight excluding hydrogens is 238 g/mol. The summed E-state index contributed by atoms with van der Waals surface area (Å²) in [6, 6.07) is 5.92. The van der Waals surface area contributed by atoms with E-state index in [1.165, 1.54) is 12.0 Å². The zero-order valence-electron chi connectivity index (χ0n) is 12.6. The van der Waals surface area contributed by atoms with Crippen molar-refractivity contribution in [1.82, 2.24) is 9.80 Å². The van der Waals surface area contributed by atoms with Crippen LogP contribution in [-0.2, 0) is 6.54 Å². The molecular formula is C15H27N3O. The number of rotatable bonds is 8. The van der Waals surface area contributed by atoms with Crippen molar-refractivity contribution >= 4 is 5.69 Å². The maximum Gasteiger partial charge on any atom is 0.120 e. The average Bonchev–Trinajstić information content (AvgIpc) is 2.39. The summed E-state index contributed by atoms with van der Waals surface area (Å²) in [7, 11) is 5.88. The average molecular weight is 265 g/mol. The fourth-order valence-corrected chi connectivity index (χ4v) is 2.04. The lowest BCUT2D eigenvalue weighted by atomic mass is 10.1.